The van der Waals surface area contributed by atoms with Crippen molar-refractivity contribution in [1.82, 2.24) is 5.32 Å². The second-order valence-corrected chi connectivity index (χ2v) is 6.80. The summed E-state index contributed by atoms with van der Waals surface area (Å²) in [5.41, 5.74) is 1.11. The number of benzene rings is 2. The fourth-order valence-electron chi connectivity index (χ4n) is 3.35. The first kappa shape index (κ1) is 21.2. The van der Waals surface area contributed by atoms with Gasteiger partial charge in [-0.25, -0.2) is 9.18 Å². The number of hydrogen-bond donors (Lipinski definition) is 2. The van der Waals surface area contributed by atoms with Crippen molar-refractivity contribution < 1.29 is 28.2 Å². The molecule has 0 bridgehead atoms. The summed E-state index contributed by atoms with van der Waals surface area (Å²) in [6.07, 6.45) is 0.307. The number of nitrogens with one attached hydrogen (secondary N) is 2. The van der Waals surface area contributed by atoms with Gasteiger partial charge in [-0.2, -0.15) is 0 Å². The minimum atomic E-state index is -0.419. The average Bonchev–Trinajstić information content (AvgIpc) is 3.12. The maximum absolute atomic E-state index is 13.1. The van der Waals surface area contributed by atoms with E-state index in [1.54, 1.807) is 29.2 Å². The number of halogens is 1. The van der Waals surface area contributed by atoms with Crippen LogP contribution in [0.5, 0.6) is 17.2 Å². The van der Waals surface area contributed by atoms with Gasteiger partial charge in [0, 0.05) is 43.2 Å². The van der Waals surface area contributed by atoms with Crippen molar-refractivity contribution in [2.45, 2.75) is 6.42 Å². The summed E-state index contributed by atoms with van der Waals surface area (Å²) in [5.74, 6) is 0.807. The predicted molar refractivity (Wildman–Crippen MR) is 110 cm³/mol. The van der Waals surface area contributed by atoms with Gasteiger partial charge in [-0.3, -0.25) is 4.79 Å². The van der Waals surface area contributed by atoms with Crippen molar-refractivity contribution >= 4 is 23.3 Å². The molecule has 2 aromatic rings. The fraction of sp³-hybridized carbons (Fsp3) is 0.333. The molecule has 0 aromatic heterocycles. The van der Waals surface area contributed by atoms with Gasteiger partial charge in [-0.1, -0.05) is 0 Å². The topological polar surface area (TPSA) is 89.1 Å². The van der Waals surface area contributed by atoms with Gasteiger partial charge >= 0.3 is 6.03 Å². The van der Waals surface area contributed by atoms with Crippen molar-refractivity contribution in [3.8, 4) is 17.2 Å². The van der Waals surface area contributed by atoms with E-state index in [0.29, 0.717) is 48.1 Å². The van der Waals surface area contributed by atoms with Crippen LogP contribution in [0.1, 0.15) is 6.42 Å². The van der Waals surface area contributed by atoms with E-state index in [9.17, 15) is 14.0 Å². The van der Waals surface area contributed by atoms with Crippen molar-refractivity contribution in [2.24, 2.45) is 5.92 Å². The summed E-state index contributed by atoms with van der Waals surface area (Å²) in [7, 11) is 4.48. The number of amides is 3. The monoisotopic (exact) mass is 417 g/mol. The van der Waals surface area contributed by atoms with Crippen LogP contribution in [0.3, 0.4) is 0 Å². The van der Waals surface area contributed by atoms with E-state index >= 15 is 0 Å². The molecule has 9 heteroatoms. The molecular formula is C21H24FN3O5. The minimum absolute atomic E-state index is 0.0479. The lowest BCUT2D eigenvalue weighted by Gasteiger charge is -2.17. The summed E-state index contributed by atoms with van der Waals surface area (Å²) in [5, 5.41) is 5.50. The predicted octanol–water partition coefficient (Wildman–Crippen LogP) is 3.03. The van der Waals surface area contributed by atoms with Gasteiger partial charge in [0.15, 0.2) is 11.5 Å². The molecule has 0 aliphatic carbocycles. The molecule has 2 N–H and O–H groups in total. The Kier molecular flexibility index (Phi) is 6.61. The fourth-order valence-corrected chi connectivity index (χ4v) is 3.35. The zero-order chi connectivity index (χ0) is 21.7. The Morgan fingerprint density at radius 1 is 1.10 bits per heavy atom. The quantitative estimate of drug-likeness (QED) is 0.723. The standard InChI is InChI=1S/C21H24FN3O5/c1-28-17-9-15(10-18(29-2)20(17)30-3)24-21(27)23-11-13-8-19(26)25(12-13)16-6-4-14(22)5-7-16/h4-7,9-10,13H,8,11-12H2,1-3H3,(H2,23,24,27)/t13-/m0/s1. The SMILES string of the molecule is COc1cc(NC(=O)NC[C@@H]2CC(=O)N(c3ccc(F)cc3)C2)cc(OC)c1OC. The van der Waals surface area contributed by atoms with Crippen molar-refractivity contribution in [3.05, 3.63) is 42.2 Å². The normalized spacial score (nSPS) is 15.7. The number of nitrogens with zero attached hydrogens (tertiary/aromatic N) is 1. The molecule has 1 aliphatic rings. The van der Waals surface area contributed by atoms with Crippen LogP contribution in [-0.2, 0) is 4.79 Å². The van der Waals surface area contributed by atoms with Crippen molar-refractivity contribution in [1.29, 1.82) is 0 Å². The molecule has 1 saturated heterocycles. The molecule has 1 atom stereocenters. The summed E-state index contributed by atoms with van der Waals surface area (Å²) in [6, 6.07) is 8.60. The van der Waals surface area contributed by atoms with Crippen LogP contribution in [-0.4, -0.2) is 46.4 Å². The highest BCUT2D eigenvalue weighted by atomic mass is 19.1. The van der Waals surface area contributed by atoms with Crippen LogP contribution >= 0.6 is 0 Å². The molecule has 1 aliphatic heterocycles. The number of ether oxygens (including phenoxy) is 3. The smallest absolute Gasteiger partial charge is 0.319 e. The van der Waals surface area contributed by atoms with Crippen LogP contribution < -0.4 is 29.7 Å². The number of hydrogen-bond acceptors (Lipinski definition) is 5. The van der Waals surface area contributed by atoms with E-state index in [2.05, 4.69) is 10.6 Å². The molecular weight excluding hydrogens is 393 g/mol. The Morgan fingerprint density at radius 3 is 2.30 bits per heavy atom. The van der Waals surface area contributed by atoms with Gasteiger partial charge in [0.2, 0.25) is 11.7 Å². The summed E-state index contributed by atoms with van der Waals surface area (Å²) < 4.78 is 28.9. The maximum Gasteiger partial charge on any atom is 0.319 e. The van der Waals surface area contributed by atoms with Gasteiger partial charge in [0.25, 0.3) is 0 Å². The summed E-state index contributed by atoms with van der Waals surface area (Å²) in [4.78, 5) is 26.2. The van der Waals surface area contributed by atoms with E-state index in [4.69, 9.17) is 14.2 Å². The van der Waals surface area contributed by atoms with Crippen molar-refractivity contribution in [3.63, 3.8) is 0 Å². The van der Waals surface area contributed by atoms with E-state index in [-0.39, 0.29) is 17.6 Å². The molecule has 0 spiro atoms. The lowest BCUT2D eigenvalue weighted by molar-refractivity contribution is -0.117. The number of methoxy groups -OCH3 is 3. The number of carbonyl (C=O) groups is 2. The van der Waals surface area contributed by atoms with Gasteiger partial charge in [-0.05, 0) is 24.3 Å². The van der Waals surface area contributed by atoms with Crippen LogP contribution in [0, 0.1) is 11.7 Å². The lowest BCUT2D eigenvalue weighted by atomic mass is 10.1. The molecule has 1 fully saturated rings. The van der Waals surface area contributed by atoms with E-state index in [1.807, 2.05) is 0 Å². The van der Waals surface area contributed by atoms with Crippen molar-refractivity contribution in [2.75, 3.05) is 44.6 Å². The first-order valence-electron chi connectivity index (χ1n) is 9.36. The third-order valence-corrected chi connectivity index (χ3v) is 4.82. The Labute approximate surface area is 173 Å². The molecule has 2 aromatic carbocycles. The van der Waals surface area contributed by atoms with E-state index in [0.717, 1.165) is 0 Å². The third kappa shape index (κ3) is 4.73. The zero-order valence-electron chi connectivity index (χ0n) is 17.0. The van der Waals surface area contributed by atoms with Crippen LogP contribution in [0.15, 0.2) is 36.4 Å². The van der Waals surface area contributed by atoms with Crippen LogP contribution in [0.25, 0.3) is 0 Å². The highest BCUT2D eigenvalue weighted by molar-refractivity contribution is 5.96. The second kappa shape index (κ2) is 9.34. The van der Waals surface area contributed by atoms with E-state index in [1.165, 1.54) is 33.5 Å². The number of rotatable bonds is 7. The first-order chi connectivity index (χ1) is 14.4. The molecule has 8 nitrogen and oxygen atoms in total. The number of urea groups is 1. The third-order valence-electron chi connectivity index (χ3n) is 4.82. The highest BCUT2D eigenvalue weighted by Gasteiger charge is 2.30. The van der Waals surface area contributed by atoms with Gasteiger partial charge in [0.1, 0.15) is 5.82 Å². The van der Waals surface area contributed by atoms with Crippen LogP contribution in [0.4, 0.5) is 20.6 Å². The van der Waals surface area contributed by atoms with Gasteiger partial charge in [0.05, 0.1) is 27.0 Å². The molecule has 0 radical (unpaired) electrons. The summed E-state index contributed by atoms with van der Waals surface area (Å²) >= 11 is 0. The second-order valence-electron chi connectivity index (χ2n) is 6.80. The Balaban J connectivity index is 1.57. The molecule has 1 heterocycles. The highest BCUT2D eigenvalue weighted by Crippen LogP contribution is 2.39. The Morgan fingerprint density at radius 2 is 1.73 bits per heavy atom. The summed E-state index contributed by atoms with van der Waals surface area (Å²) in [6.45, 7) is 0.772. The zero-order valence-corrected chi connectivity index (χ0v) is 17.0. The molecule has 3 amide bonds. The minimum Gasteiger partial charge on any atom is -0.493 e. The molecule has 3 rings (SSSR count). The average molecular weight is 417 g/mol. The molecule has 160 valence electrons. The van der Waals surface area contributed by atoms with Crippen LogP contribution in [0.2, 0.25) is 0 Å². The number of anilines is 2. The molecule has 0 unspecified atom stereocenters. The Hall–Kier alpha value is -3.49. The maximum atomic E-state index is 13.1. The molecule has 30 heavy (non-hydrogen) atoms. The first-order valence-corrected chi connectivity index (χ1v) is 9.36. The van der Waals surface area contributed by atoms with E-state index < -0.39 is 6.03 Å². The van der Waals surface area contributed by atoms with Gasteiger partial charge in [-0.15, -0.1) is 0 Å². The molecule has 0 saturated carbocycles. The largest absolute Gasteiger partial charge is 0.493 e. The van der Waals surface area contributed by atoms with Gasteiger partial charge < -0.3 is 29.7 Å². The number of carbonyl (C=O) groups excluding carboxylic acids is 2. The Bertz CT molecular complexity index is 894. The lowest BCUT2D eigenvalue weighted by Crippen LogP contribution is -2.34.